The number of nitrogens with two attached hydrogens (primary N) is 1. The molecule has 5 heteroatoms. The molecule has 0 aromatic rings. The van der Waals surface area contributed by atoms with Crippen LogP contribution in [-0.2, 0) is 4.79 Å². The molecule has 3 N–H and O–H groups in total. The number of aliphatic carboxylic acids is 1. The summed E-state index contributed by atoms with van der Waals surface area (Å²) >= 11 is 1.84. The molecule has 0 amide bonds. The van der Waals surface area contributed by atoms with Gasteiger partial charge in [-0.05, 0) is 36.4 Å². The first-order valence-corrected chi connectivity index (χ1v) is 4.13. The van der Waals surface area contributed by atoms with Crippen LogP contribution in [0.25, 0.3) is 0 Å². The maximum Gasteiger partial charge on any atom is 0.310 e. The minimum Gasteiger partial charge on any atom is -0.481 e. The molecule has 0 bridgehead atoms. The Kier molecular flexibility index (Phi) is 3.77. The lowest BCUT2D eigenvalue weighted by atomic mass is 9.94. The maximum atomic E-state index is 10.5. The van der Waals surface area contributed by atoms with Gasteiger partial charge in [0.15, 0.2) is 3.84 Å². The highest BCUT2D eigenvalue weighted by molar-refractivity contribution is 14.1. The average Bonchev–Trinajstić information content (AvgIpc) is 1.84. The van der Waals surface area contributed by atoms with Crippen LogP contribution in [0.3, 0.4) is 0 Å². The second-order valence-corrected chi connectivity index (χ2v) is 3.93. The average molecular weight is 270 g/mol. The van der Waals surface area contributed by atoms with Crippen molar-refractivity contribution in [2.45, 2.75) is 13.8 Å². The summed E-state index contributed by atoms with van der Waals surface area (Å²) in [5, 5.41) is 8.64. The largest absolute Gasteiger partial charge is 0.481 e. The first-order chi connectivity index (χ1) is 4.86. The van der Waals surface area contributed by atoms with Crippen molar-refractivity contribution in [3.05, 3.63) is 0 Å². The van der Waals surface area contributed by atoms with Crippen molar-refractivity contribution in [3.63, 3.8) is 0 Å². The van der Waals surface area contributed by atoms with Gasteiger partial charge < -0.3 is 10.8 Å². The number of carboxylic acid groups (broad SMARTS) is 1. The van der Waals surface area contributed by atoms with E-state index in [1.807, 2.05) is 22.6 Å². The van der Waals surface area contributed by atoms with Crippen molar-refractivity contribution >= 4 is 32.4 Å². The number of hydrogen-bond acceptors (Lipinski definition) is 2. The van der Waals surface area contributed by atoms with Gasteiger partial charge in [0.25, 0.3) is 0 Å². The van der Waals surface area contributed by atoms with Crippen LogP contribution in [0.15, 0.2) is 4.99 Å². The van der Waals surface area contributed by atoms with Gasteiger partial charge in [-0.15, -0.1) is 0 Å². The van der Waals surface area contributed by atoms with Gasteiger partial charge in [0, 0.05) is 0 Å². The number of halogens is 1. The minimum atomic E-state index is -0.862. The normalized spacial score (nSPS) is 13.2. The summed E-state index contributed by atoms with van der Waals surface area (Å²) in [5.41, 5.74) is 4.42. The summed E-state index contributed by atoms with van der Waals surface area (Å²) < 4.78 is 0.386. The van der Waals surface area contributed by atoms with E-state index in [-0.39, 0.29) is 6.54 Å². The Bertz CT molecular complexity index is 185. The molecule has 64 valence electrons. The van der Waals surface area contributed by atoms with Crippen molar-refractivity contribution in [3.8, 4) is 0 Å². The fourth-order valence-corrected chi connectivity index (χ4v) is 0.511. The number of amidine groups is 1. The standard InChI is InChI=1S/C6H11IN2O2/c1-6(2,4(10)11)3-9-5(7)8/h3H2,1-2H3,(H2,8,9)(H,10,11). The van der Waals surface area contributed by atoms with Crippen LogP contribution in [0.1, 0.15) is 13.8 Å². The van der Waals surface area contributed by atoms with Crippen LogP contribution in [0.4, 0.5) is 0 Å². The summed E-state index contributed by atoms with van der Waals surface area (Å²) in [5.74, 6) is -0.862. The van der Waals surface area contributed by atoms with Crippen LogP contribution < -0.4 is 5.73 Å². The van der Waals surface area contributed by atoms with Gasteiger partial charge in [0.1, 0.15) is 0 Å². The Hall–Kier alpha value is -0.330. The van der Waals surface area contributed by atoms with Crippen molar-refractivity contribution in [1.82, 2.24) is 0 Å². The van der Waals surface area contributed by atoms with Crippen LogP contribution in [0.2, 0.25) is 0 Å². The monoisotopic (exact) mass is 270 g/mol. The van der Waals surface area contributed by atoms with Gasteiger partial charge in [0.05, 0.1) is 12.0 Å². The van der Waals surface area contributed by atoms with E-state index in [1.54, 1.807) is 13.8 Å². The third kappa shape index (κ3) is 4.18. The molecular weight excluding hydrogens is 259 g/mol. The van der Waals surface area contributed by atoms with Crippen molar-refractivity contribution < 1.29 is 9.90 Å². The molecule has 0 saturated heterocycles. The van der Waals surface area contributed by atoms with Gasteiger partial charge in [-0.2, -0.15) is 0 Å². The number of nitrogens with zero attached hydrogens (tertiary/aromatic N) is 1. The molecule has 11 heavy (non-hydrogen) atoms. The molecular formula is C6H11IN2O2. The van der Waals surface area contributed by atoms with Crippen LogP contribution in [0.5, 0.6) is 0 Å². The molecule has 0 fully saturated rings. The lowest BCUT2D eigenvalue weighted by Gasteiger charge is -2.15. The topological polar surface area (TPSA) is 75.7 Å². The van der Waals surface area contributed by atoms with Crippen molar-refractivity contribution in [2.24, 2.45) is 16.1 Å². The molecule has 0 aliphatic rings. The second-order valence-electron chi connectivity index (χ2n) is 2.83. The zero-order chi connectivity index (χ0) is 9.07. The molecule has 0 unspecified atom stereocenters. The lowest BCUT2D eigenvalue weighted by molar-refractivity contribution is -0.146. The van der Waals surface area contributed by atoms with E-state index < -0.39 is 11.4 Å². The van der Waals surface area contributed by atoms with E-state index in [4.69, 9.17) is 10.8 Å². The molecule has 4 nitrogen and oxygen atoms in total. The van der Waals surface area contributed by atoms with Gasteiger partial charge in [-0.25, -0.2) is 0 Å². The Balaban J connectivity index is 4.14. The van der Waals surface area contributed by atoms with E-state index in [9.17, 15) is 4.79 Å². The van der Waals surface area contributed by atoms with Crippen molar-refractivity contribution in [1.29, 1.82) is 0 Å². The Labute approximate surface area is 79.0 Å². The number of carbonyl (C=O) groups is 1. The summed E-state index contributed by atoms with van der Waals surface area (Å²) in [6, 6.07) is 0. The zero-order valence-electron chi connectivity index (χ0n) is 6.47. The SMILES string of the molecule is CC(C)(CN=C(N)I)C(=O)O. The highest BCUT2D eigenvalue weighted by atomic mass is 127. The summed E-state index contributed by atoms with van der Waals surface area (Å²) in [6.07, 6.45) is 0. The Morgan fingerprint density at radius 1 is 1.73 bits per heavy atom. The van der Waals surface area contributed by atoms with Gasteiger partial charge in [-0.1, -0.05) is 0 Å². The molecule has 0 atom stereocenters. The van der Waals surface area contributed by atoms with Crippen LogP contribution in [0, 0.1) is 5.41 Å². The third-order valence-corrected chi connectivity index (χ3v) is 1.55. The van der Waals surface area contributed by atoms with Gasteiger partial charge >= 0.3 is 5.97 Å². The zero-order valence-corrected chi connectivity index (χ0v) is 8.62. The highest BCUT2D eigenvalue weighted by Crippen LogP contribution is 2.15. The molecule has 0 heterocycles. The molecule has 0 saturated carbocycles. The number of rotatable bonds is 3. The van der Waals surface area contributed by atoms with E-state index >= 15 is 0 Å². The van der Waals surface area contributed by atoms with Crippen LogP contribution in [-0.4, -0.2) is 21.5 Å². The maximum absolute atomic E-state index is 10.5. The van der Waals surface area contributed by atoms with Gasteiger partial charge in [-0.3, -0.25) is 9.79 Å². The number of aliphatic imine (C=N–C) groups is 1. The summed E-state index contributed by atoms with van der Waals surface area (Å²) in [7, 11) is 0. The first kappa shape index (κ1) is 10.7. The molecule has 0 aliphatic heterocycles. The molecule has 0 rings (SSSR count). The fraction of sp³-hybridized carbons (Fsp3) is 0.667. The first-order valence-electron chi connectivity index (χ1n) is 3.05. The second kappa shape index (κ2) is 3.89. The van der Waals surface area contributed by atoms with E-state index in [1.165, 1.54) is 0 Å². The predicted molar refractivity (Wildman–Crippen MR) is 51.9 cm³/mol. The Morgan fingerprint density at radius 3 is 2.45 bits per heavy atom. The molecule has 0 spiro atoms. The number of carboxylic acids is 1. The minimum absolute atomic E-state index is 0.219. The van der Waals surface area contributed by atoms with E-state index in [0.29, 0.717) is 3.84 Å². The third-order valence-electron chi connectivity index (χ3n) is 1.20. The summed E-state index contributed by atoms with van der Waals surface area (Å²) in [4.78, 5) is 14.3. The van der Waals surface area contributed by atoms with Crippen molar-refractivity contribution in [2.75, 3.05) is 6.54 Å². The molecule has 0 aromatic heterocycles. The quantitative estimate of drug-likeness (QED) is 0.345. The smallest absolute Gasteiger partial charge is 0.310 e. The van der Waals surface area contributed by atoms with E-state index in [2.05, 4.69) is 4.99 Å². The Morgan fingerprint density at radius 2 is 2.18 bits per heavy atom. The summed E-state index contributed by atoms with van der Waals surface area (Å²) in [6.45, 7) is 3.44. The lowest BCUT2D eigenvalue weighted by Crippen LogP contribution is -2.27. The molecule has 0 aromatic carbocycles. The molecule has 0 radical (unpaired) electrons. The number of hydrogen-bond donors (Lipinski definition) is 2. The predicted octanol–water partition coefficient (Wildman–Crippen LogP) is 0.847. The molecule has 0 aliphatic carbocycles. The fourth-order valence-electron chi connectivity index (χ4n) is 0.341. The van der Waals surface area contributed by atoms with E-state index in [0.717, 1.165) is 0 Å². The van der Waals surface area contributed by atoms with Gasteiger partial charge in [0.2, 0.25) is 0 Å². The van der Waals surface area contributed by atoms with Crippen LogP contribution >= 0.6 is 22.6 Å². The highest BCUT2D eigenvalue weighted by Gasteiger charge is 2.26.